The summed E-state index contributed by atoms with van der Waals surface area (Å²) in [6.07, 6.45) is 2.82. The highest BCUT2D eigenvalue weighted by atomic mass is 32.2. The second kappa shape index (κ2) is 9.11. The Labute approximate surface area is 178 Å². The number of nitrogens with zero attached hydrogens (tertiary/aromatic N) is 3. The fourth-order valence-corrected chi connectivity index (χ4v) is 5.48. The minimum absolute atomic E-state index is 0.0763. The van der Waals surface area contributed by atoms with Gasteiger partial charge >= 0.3 is 0 Å². The van der Waals surface area contributed by atoms with E-state index in [1.807, 2.05) is 31.3 Å². The molecular weight excluding hydrogens is 404 g/mol. The van der Waals surface area contributed by atoms with Crippen LogP contribution in [-0.4, -0.2) is 40.6 Å². The number of hydrogen-bond acceptors (Lipinski definition) is 7. The van der Waals surface area contributed by atoms with Gasteiger partial charge in [0.25, 0.3) is 5.91 Å². The van der Waals surface area contributed by atoms with Gasteiger partial charge in [0.2, 0.25) is 0 Å². The number of amides is 1. The van der Waals surface area contributed by atoms with Gasteiger partial charge in [0.1, 0.15) is 10.8 Å². The van der Waals surface area contributed by atoms with Crippen LogP contribution in [0.1, 0.15) is 37.8 Å². The van der Waals surface area contributed by atoms with Crippen LogP contribution < -0.4 is 5.32 Å². The number of thioether (sulfide) groups is 1. The van der Waals surface area contributed by atoms with Crippen molar-refractivity contribution in [3.8, 4) is 0 Å². The predicted octanol–water partition coefficient (Wildman–Crippen LogP) is 3.83. The van der Waals surface area contributed by atoms with E-state index < -0.39 is 0 Å². The van der Waals surface area contributed by atoms with E-state index in [1.54, 1.807) is 12.3 Å². The molecule has 0 radical (unpaired) electrons. The second-order valence-electron chi connectivity index (χ2n) is 7.10. The van der Waals surface area contributed by atoms with E-state index in [4.69, 9.17) is 4.52 Å². The number of pyridine rings is 1. The highest BCUT2D eigenvalue weighted by Crippen LogP contribution is 2.27. The van der Waals surface area contributed by atoms with Crippen molar-refractivity contribution < 1.29 is 9.32 Å². The topological polar surface area (TPSA) is 71.3 Å². The van der Waals surface area contributed by atoms with Gasteiger partial charge in [0.05, 0.1) is 11.3 Å². The van der Waals surface area contributed by atoms with E-state index in [-0.39, 0.29) is 5.91 Å². The highest BCUT2D eigenvalue weighted by molar-refractivity contribution is 7.98. The summed E-state index contributed by atoms with van der Waals surface area (Å²) < 4.78 is 5.22. The molecule has 0 aliphatic carbocycles. The van der Waals surface area contributed by atoms with Crippen LogP contribution in [0.3, 0.4) is 0 Å². The van der Waals surface area contributed by atoms with Crippen molar-refractivity contribution in [2.75, 3.05) is 19.6 Å². The normalized spacial score (nSPS) is 14.0. The number of nitrogens with one attached hydrogen (secondary N) is 1. The van der Waals surface area contributed by atoms with Crippen LogP contribution in [0.5, 0.6) is 0 Å². The van der Waals surface area contributed by atoms with Crippen molar-refractivity contribution in [3.63, 3.8) is 0 Å². The zero-order valence-electron chi connectivity index (χ0n) is 16.6. The van der Waals surface area contributed by atoms with Crippen LogP contribution in [0, 0.1) is 13.8 Å². The number of carbonyl (C=O) groups is 1. The summed E-state index contributed by atoms with van der Waals surface area (Å²) in [6.45, 7) is 7.33. The molecule has 1 aliphatic rings. The van der Waals surface area contributed by atoms with Gasteiger partial charge in [-0.05, 0) is 49.4 Å². The third kappa shape index (κ3) is 4.71. The van der Waals surface area contributed by atoms with Crippen molar-refractivity contribution in [2.24, 2.45) is 0 Å². The van der Waals surface area contributed by atoms with Crippen molar-refractivity contribution in [1.82, 2.24) is 20.4 Å². The molecule has 4 rings (SSSR count). The Bertz CT molecular complexity index is 979. The summed E-state index contributed by atoms with van der Waals surface area (Å²) in [5.74, 6) is 1.41. The Hall–Kier alpha value is -2.16. The Morgan fingerprint density at radius 1 is 1.38 bits per heavy atom. The minimum Gasteiger partial charge on any atom is -0.361 e. The van der Waals surface area contributed by atoms with E-state index in [0.717, 1.165) is 48.1 Å². The molecule has 4 heterocycles. The molecule has 0 bridgehead atoms. The Kier molecular flexibility index (Phi) is 6.32. The maximum Gasteiger partial charge on any atom is 0.254 e. The third-order valence-electron chi connectivity index (χ3n) is 5.15. The molecule has 1 aliphatic heterocycles. The molecule has 6 nitrogen and oxygen atoms in total. The van der Waals surface area contributed by atoms with Gasteiger partial charge in [-0.3, -0.25) is 9.69 Å². The lowest BCUT2D eigenvalue weighted by Gasteiger charge is -2.26. The van der Waals surface area contributed by atoms with Gasteiger partial charge in [-0.15, -0.1) is 23.1 Å². The summed E-state index contributed by atoms with van der Waals surface area (Å²) in [7, 11) is 0. The molecule has 0 atom stereocenters. The van der Waals surface area contributed by atoms with Crippen molar-refractivity contribution in [2.45, 2.75) is 37.6 Å². The number of hydrogen-bond donors (Lipinski definition) is 1. The van der Waals surface area contributed by atoms with Gasteiger partial charge < -0.3 is 9.84 Å². The maximum atomic E-state index is 12.7. The van der Waals surface area contributed by atoms with E-state index in [2.05, 4.69) is 31.8 Å². The first kappa shape index (κ1) is 20.1. The zero-order chi connectivity index (χ0) is 20.2. The smallest absolute Gasteiger partial charge is 0.254 e. The molecule has 1 N–H and O–H groups in total. The largest absolute Gasteiger partial charge is 0.361 e. The molecule has 0 saturated carbocycles. The number of carbonyl (C=O) groups excluding carboxylic acids is 1. The quantitative estimate of drug-likeness (QED) is 0.577. The first-order valence-electron chi connectivity index (χ1n) is 9.67. The molecule has 0 aromatic carbocycles. The van der Waals surface area contributed by atoms with E-state index in [0.29, 0.717) is 17.9 Å². The summed E-state index contributed by atoms with van der Waals surface area (Å²) in [6, 6.07) is 5.84. The maximum absolute atomic E-state index is 12.7. The molecular formula is C21H24N4O2S2. The average molecular weight is 429 g/mol. The Morgan fingerprint density at radius 2 is 2.28 bits per heavy atom. The summed E-state index contributed by atoms with van der Waals surface area (Å²) >= 11 is 3.38. The minimum atomic E-state index is -0.0763. The zero-order valence-corrected chi connectivity index (χ0v) is 18.2. The van der Waals surface area contributed by atoms with Crippen LogP contribution in [0.15, 0.2) is 39.3 Å². The number of thiophene rings is 1. The van der Waals surface area contributed by atoms with Gasteiger partial charge in [0.15, 0.2) is 0 Å². The summed E-state index contributed by atoms with van der Waals surface area (Å²) in [5, 5.41) is 9.94. The molecule has 152 valence electrons. The summed E-state index contributed by atoms with van der Waals surface area (Å²) in [5.41, 5.74) is 3.98. The molecule has 0 unspecified atom stereocenters. The Balaban J connectivity index is 1.32. The van der Waals surface area contributed by atoms with Crippen molar-refractivity contribution in [3.05, 3.63) is 62.8 Å². The lowest BCUT2D eigenvalue weighted by Crippen LogP contribution is -2.37. The molecule has 0 spiro atoms. The molecule has 8 heteroatoms. The first-order valence-corrected chi connectivity index (χ1v) is 11.5. The number of aryl methyl sites for hydroxylation is 2. The molecule has 0 saturated heterocycles. The number of fused-ring (bicyclic) bond motifs is 1. The molecule has 1 amide bonds. The molecule has 3 aromatic heterocycles. The van der Waals surface area contributed by atoms with Gasteiger partial charge in [-0.1, -0.05) is 5.16 Å². The van der Waals surface area contributed by atoms with E-state index in [9.17, 15) is 4.79 Å². The number of aromatic nitrogens is 2. The van der Waals surface area contributed by atoms with Gasteiger partial charge in [0, 0.05) is 48.6 Å². The molecule has 3 aromatic rings. The number of rotatable bonds is 7. The van der Waals surface area contributed by atoms with Gasteiger partial charge in [-0.2, -0.15) is 0 Å². The molecule has 29 heavy (non-hydrogen) atoms. The van der Waals surface area contributed by atoms with E-state index >= 15 is 0 Å². The first-order chi connectivity index (χ1) is 14.1. The second-order valence-corrected chi connectivity index (χ2v) is 9.06. The monoisotopic (exact) mass is 428 g/mol. The van der Waals surface area contributed by atoms with Crippen LogP contribution in [0.4, 0.5) is 0 Å². The molecule has 0 fully saturated rings. The van der Waals surface area contributed by atoms with Crippen molar-refractivity contribution >= 4 is 29.0 Å². The highest BCUT2D eigenvalue weighted by Gasteiger charge is 2.18. The fraction of sp³-hybridized carbons (Fsp3) is 0.381. The third-order valence-corrected chi connectivity index (χ3v) is 7.21. The van der Waals surface area contributed by atoms with E-state index in [1.165, 1.54) is 22.2 Å². The lowest BCUT2D eigenvalue weighted by atomic mass is 10.1. The van der Waals surface area contributed by atoms with Crippen LogP contribution in [0.2, 0.25) is 0 Å². The van der Waals surface area contributed by atoms with Gasteiger partial charge in [-0.25, -0.2) is 4.98 Å². The Morgan fingerprint density at radius 3 is 3.10 bits per heavy atom. The lowest BCUT2D eigenvalue weighted by molar-refractivity contribution is 0.0943. The van der Waals surface area contributed by atoms with Crippen molar-refractivity contribution in [1.29, 1.82) is 0 Å². The SMILES string of the molecule is Cc1noc(C)c1CSc1ncccc1C(=O)NCCN1CCc2sccc2C1. The fourth-order valence-electron chi connectivity index (χ4n) is 3.45. The standard InChI is InChI=1S/C21H24N4O2S2/c1-14-18(15(2)27-24-14)13-29-21-17(4-3-7-23-21)20(26)22-8-10-25-9-5-19-16(12-25)6-11-28-19/h3-4,6-7,11H,5,8-10,12-13H2,1-2H3,(H,22,26). The summed E-state index contributed by atoms with van der Waals surface area (Å²) in [4.78, 5) is 21.1. The average Bonchev–Trinajstić information content (AvgIpc) is 3.32. The van der Waals surface area contributed by atoms with Crippen LogP contribution >= 0.6 is 23.1 Å². The predicted molar refractivity (Wildman–Crippen MR) is 115 cm³/mol. The van der Waals surface area contributed by atoms with Crippen LogP contribution in [0.25, 0.3) is 0 Å². The van der Waals surface area contributed by atoms with Crippen LogP contribution in [-0.2, 0) is 18.7 Å².